The highest BCUT2D eigenvalue weighted by molar-refractivity contribution is 4.64. The lowest BCUT2D eigenvalue weighted by molar-refractivity contribution is -0.937. The van der Waals surface area contributed by atoms with Crippen LogP contribution in [-0.2, 0) is 0 Å². The van der Waals surface area contributed by atoms with Gasteiger partial charge in [-0.3, -0.25) is 0 Å². The smallest absolute Gasteiger partial charge is 0.0911 e. The molecule has 0 aromatic carbocycles. The zero-order valence-corrected chi connectivity index (χ0v) is 13.3. The summed E-state index contributed by atoms with van der Waals surface area (Å²) in [6.07, 6.45) is 8.17. The maximum absolute atomic E-state index is 2.50. The first-order valence-electron chi connectivity index (χ1n) is 7.86. The molecule has 0 saturated heterocycles. The molecule has 1 nitrogen and oxygen atoms in total. The molecule has 17 heavy (non-hydrogen) atoms. The molecule has 0 heterocycles. The maximum atomic E-state index is 2.50. The normalized spacial score (nSPS) is 17.1. The van der Waals surface area contributed by atoms with Crippen molar-refractivity contribution in [2.75, 3.05) is 20.1 Å². The Bertz CT molecular complexity index is 176. The molecule has 0 fully saturated rings. The van der Waals surface area contributed by atoms with E-state index in [1.807, 2.05) is 0 Å². The predicted molar refractivity (Wildman–Crippen MR) is 79.3 cm³/mol. The second-order valence-electron chi connectivity index (χ2n) is 6.23. The van der Waals surface area contributed by atoms with E-state index in [-0.39, 0.29) is 0 Å². The van der Waals surface area contributed by atoms with Crippen LogP contribution >= 0.6 is 0 Å². The number of rotatable bonds is 10. The largest absolute Gasteiger partial charge is 0.323 e. The van der Waals surface area contributed by atoms with Gasteiger partial charge in [-0.2, -0.15) is 0 Å². The molecule has 1 heteroatoms. The Hall–Kier alpha value is -0.0400. The van der Waals surface area contributed by atoms with E-state index < -0.39 is 0 Å². The van der Waals surface area contributed by atoms with E-state index in [1.165, 1.54) is 56.1 Å². The first kappa shape index (κ1) is 17.0. The fraction of sp³-hybridized carbons (Fsp3) is 1.00. The van der Waals surface area contributed by atoms with Crippen LogP contribution in [-0.4, -0.2) is 30.7 Å². The molecule has 2 unspecified atom stereocenters. The fourth-order valence-electron chi connectivity index (χ4n) is 3.34. The van der Waals surface area contributed by atoms with Gasteiger partial charge in [-0.05, 0) is 25.7 Å². The van der Waals surface area contributed by atoms with Crippen molar-refractivity contribution in [2.45, 2.75) is 79.2 Å². The van der Waals surface area contributed by atoms with Crippen LogP contribution in [0.5, 0.6) is 0 Å². The molecule has 0 amide bonds. The van der Waals surface area contributed by atoms with Crippen molar-refractivity contribution >= 4 is 0 Å². The van der Waals surface area contributed by atoms with Gasteiger partial charge in [0.05, 0.1) is 26.2 Å². The summed E-state index contributed by atoms with van der Waals surface area (Å²) in [6.45, 7) is 14.5. The van der Waals surface area contributed by atoms with Crippen LogP contribution in [0.15, 0.2) is 0 Å². The quantitative estimate of drug-likeness (QED) is 0.379. The highest BCUT2D eigenvalue weighted by Gasteiger charge is 2.32. The summed E-state index contributed by atoms with van der Waals surface area (Å²) >= 11 is 0. The zero-order chi connectivity index (χ0) is 13.3. The van der Waals surface area contributed by atoms with Crippen LogP contribution in [0.25, 0.3) is 0 Å². The van der Waals surface area contributed by atoms with Crippen LogP contribution in [0.1, 0.15) is 73.1 Å². The topological polar surface area (TPSA) is 0 Å². The Labute approximate surface area is 110 Å². The third-order valence-corrected chi connectivity index (χ3v) is 4.16. The molecular formula is C16H36N+. The van der Waals surface area contributed by atoms with Crippen LogP contribution in [0, 0.1) is 5.92 Å². The second-order valence-corrected chi connectivity index (χ2v) is 6.23. The molecule has 0 aliphatic carbocycles. The van der Waals surface area contributed by atoms with E-state index in [0.717, 1.165) is 12.0 Å². The lowest BCUT2D eigenvalue weighted by Gasteiger charge is -2.44. The Kier molecular flexibility index (Phi) is 8.94. The number of nitrogens with zero attached hydrogens (tertiary/aromatic N) is 1. The van der Waals surface area contributed by atoms with Gasteiger partial charge in [0.25, 0.3) is 0 Å². The lowest BCUT2D eigenvalue weighted by atomic mass is 9.94. The summed E-state index contributed by atoms with van der Waals surface area (Å²) in [5.41, 5.74) is 0. The maximum Gasteiger partial charge on any atom is 0.0911 e. The average molecular weight is 242 g/mol. The second kappa shape index (κ2) is 8.97. The summed E-state index contributed by atoms with van der Waals surface area (Å²) in [6, 6.07) is 0.858. The Morgan fingerprint density at radius 3 is 1.88 bits per heavy atom. The summed E-state index contributed by atoms with van der Waals surface area (Å²) in [5.74, 6) is 0.813. The third-order valence-electron chi connectivity index (χ3n) is 4.16. The Morgan fingerprint density at radius 2 is 1.47 bits per heavy atom. The highest BCUT2D eigenvalue weighted by Crippen LogP contribution is 2.24. The van der Waals surface area contributed by atoms with E-state index in [2.05, 4.69) is 41.7 Å². The standard InChI is InChI=1S/C16H36N/c1-7-10-11-14-17(6,13-9-3)16(12-8-2)15(4)5/h15-16H,7-14H2,1-6H3/q+1. The number of hydrogen-bond acceptors (Lipinski definition) is 0. The molecule has 0 spiro atoms. The Morgan fingerprint density at radius 1 is 0.824 bits per heavy atom. The summed E-state index contributed by atoms with van der Waals surface area (Å²) in [7, 11) is 2.50. The molecule has 0 N–H and O–H groups in total. The minimum atomic E-state index is 0.813. The minimum absolute atomic E-state index is 0.813. The molecule has 0 aliphatic rings. The van der Waals surface area contributed by atoms with Crippen molar-refractivity contribution < 1.29 is 4.48 Å². The van der Waals surface area contributed by atoms with Crippen molar-refractivity contribution in [2.24, 2.45) is 5.92 Å². The van der Waals surface area contributed by atoms with Gasteiger partial charge in [0.1, 0.15) is 0 Å². The van der Waals surface area contributed by atoms with Crippen molar-refractivity contribution in [3.8, 4) is 0 Å². The van der Waals surface area contributed by atoms with Crippen molar-refractivity contribution in [1.82, 2.24) is 0 Å². The molecule has 0 aliphatic heterocycles. The van der Waals surface area contributed by atoms with Gasteiger partial charge < -0.3 is 4.48 Å². The van der Waals surface area contributed by atoms with Crippen molar-refractivity contribution in [1.29, 1.82) is 0 Å². The van der Waals surface area contributed by atoms with Gasteiger partial charge in [0.2, 0.25) is 0 Å². The molecule has 0 aromatic rings. The summed E-state index contributed by atoms with van der Waals surface area (Å²) in [4.78, 5) is 0. The van der Waals surface area contributed by atoms with Crippen molar-refractivity contribution in [3.05, 3.63) is 0 Å². The van der Waals surface area contributed by atoms with Crippen molar-refractivity contribution in [3.63, 3.8) is 0 Å². The first-order chi connectivity index (χ1) is 8.01. The minimum Gasteiger partial charge on any atom is -0.323 e. The first-order valence-corrected chi connectivity index (χ1v) is 7.86. The van der Waals surface area contributed by atoms with E-state index in [0.29, 0.717) is 0 Å². The van der Waals surface area contributed by atoms with Gasteiger partial charge in [0.15, 0.2) is 0 Å². The van der Waals surface area contributed by atoms with Crippen LogP contribution in [0.4, 0.5) is 0 Å². The zero-order valence-electron chi connectivity index (χ0n) is 13.3. The lowest BCUT2D eigenvalue weighted by Crippen LogP contribution is -2.55. The average Bonchev–Trinajstić information content (AvgIpc) is 2.26. The molecule has 0 bridgehead atoms. The van der Waals surface area contributed by atoms with Gasteiger partial charge in [0, 0.05) is 5.92 Å². The number of quaternary nitrogens is 1. The fourth-order valence-corrected chi connectivity index (χ4v) is 3.34. The van der Waals surface area contributed by atoms with Crippen LogP contribution in [0.2, 0.25) is 0 Å². The molecule has 0 radical (unpaired) electrons. The number of hydrogen-bond donors (Lipinski definition) is 0. The summed E-state index contributed by atoms with van der Waals surface area (Å²) in [5, 5.41) is 0. The third kappa shape index (κ3) is 5.90. The van der Waals surface area contributed by atoms with Crippen LogP contribution < -0.4 is 0 Å². The molecule has 104 valence electrons. The monoisotopic (exact) mass is 242 g/mol. The molecule has 0 saturated carbocycles. The molecule has 2 atom stereocenters. The van der Waals surface area contributed by atoms with E-state index in [1.54, 1.807) is 0 Å². The highest BCUT2D eigenvalue weighted by atomic mass is 15.4. The van der Waals surface area contributed by atoms with E-state index in [9.17, 15) is 0 Å². The SMILES string of the molecule is CCCCC[N+](C)(CCC)C(CCC)C(C)C. The van der Waals surface area contributed by atoms with Gasteiger partial charge in [-0.15, -0.1) is 0 Å². The van der Waals surface area contributed by atoms with Gasteiger partial charge in [-0.1, -0.05) is 47.5 Å². The van der Waals surface area contributed by atoms with E-state index in [4.69, 9.17) is 0 Å². The Balaban J connectivity index is 4.60. The summed E-state index contributed by atoms with van der Waals surface area (Å²) < 4.78 is 1.31. The van der Waals surface area contributed by atoms with Gasteiger partial charge in [-0.25, -0.2) is 0 Å². The number of unbranched alkanes of at least 4 members (excludes halogenated alkanes) is 2. The van der Waals surface area contributed by atoms with Gasteiger partial charge >= 0.3 is 0 Å². The molecule has 0 aromatic heterocycles. The predicted octanol–water partition coefficient (Wildman–Crippen LogP) is 4.86. The molecular weight excluding hydrogens is 206 g/mol. The molecule has 0 rings (SSSR count). The van der Waals surface area contributed by atoms with Crippen LogP contribution in [0.3, 0.4) is 0 Å². The van der Waals surface area contributed by atoms with E-state index >= 15 is 0 Å².